The smallest absolute Gasteiger partial charge is 0.296 e. The summed E-state index contributed by atoms with van der Waals surface area (Å²) in [5.74, 6) is -3.61. The van der Waals surface area contributed by atoms with Crippen molar-refractivity contribution in [1.82, 2.24) is 24.5 Å². The number of carbonyl (C=O) groups excluding carboxylic acids is 1. The Bertz CT molecular complexity index is 1420. The number of aromatic nitrogens is 5. The molecule has 34 heavy (non-hydrogen) atoms. The maximum absolute atomic E-state index is 14.8. The van der Waals surface area contributed by atoms with Crippen molar-refractivity contribution in [3.05, 3.63) is 86.9 Å². The van der Waals surface area contributed by atoms with Gasteiger partial charge in [0.2, 0.25) is 11.7 Å². The van der Waals surface area contributed by atoms with Crippen LogP contribution in [-0.4, -0.2) is 35.5 Å². The maximum Gasteiger partial charge on any atom is 0.296 e. The molecule has 3 heterocycles. The lowest BCUT2D eigenvalue weighted by Crippen LogP contribution is -2.29. The summed E-state index contributed by atoms with van der Waals surface area (Å²) in [4.78, 5) is 29.9. The number of hydrogen-bond acceptors (Lipinski definition) is 7. The summed E-state index contributed by atoms with van der Waals surface area (Å²) in [5.41, 5.74) is -0.289. The van der Waals surface area contributed by atoms with Crippen molar-refractivity contribution >= 4 is 23.2 Å². The van der Waals surface area contributed by atoms with Gasteiger partial charge in [0, 0.05) is 42.7 Å². The van der Waals surface area contributed by atoms with Crippen LogP contribution in [0.1, 0.15) is 46.2 Å². The summed E-state index contributed by atoms with van der Waals surface area (Å²) < 4.78 is 22.0. The fraction of sp³-hybridized carbons (Fsp3) is 0.227. The Balaban J connectivity index is 1.86. The molecule has 4 aromatic rings. The molecule has 3 aromatic heterocycles. The van der Waals surface area contributed by atoms with Gasteiger partial charge in [-0.25, -0.2) is 4.98 Å². The Hall–Kier alpha value is -3.99. The van der Waals surface area contributed by atoms with Crippen LogP contribution < -0.4 is 10.9 Å². The minimum Gasteiger partial charge on any atom is -0.501 e. The van der Waals surface area contributed by atoms with Gasteiger partial charge in [-0.2, -0.15) is 4.39 Å². The van der Waals surface area contributed by atoms with Gasteiger partial charge in [-0.05, 0) is 11.6 Å². The Morgan fingerprint density at radius 1 is 1.26 bits per heavy atom. The number of halogens is 2. The maximum atomic E-state index is 14.8. The highest BCUT2D eigenvalue weighted by Gasteiger charge is 2.33. The van der Waals surface area contributed by atoms with Gasteiger partial charge in [-0.1, -0.05) is 41.9 Å². The van der Waals surface area contributed by atoms with Crippen molar-refractivity contribution in [2.75, 3.05) is 5.32 Å². The fourth-order valence-corrected chi connectivity index (χ4v) is 4.15. The second kappa shape index (κ2) is 9.10. The van der Waals surface area contributed by atoms with Gasteiger partial charge >= 0.3 is 0 Å². The summed E-state index contributed by atoms with van der Waals surface area (Å²) in [6.07, 6.45) is 3.95. The third-order valence-electron chi connectivity index (χ3n) is 5.50. The first-order valence-electron chi connectivity index (χ1n) is 10.1. The highest BCUT2D eigenvalue weighted by molar-refractivity contribution is 6.31. The molecule has 0 unspecified atom stereocenters. The predicted octanol–water partition coefficient (Wildman–Crippen LogP) is 3.19. The van der Waals surface area contributed by atoms with E-state index in [2.05, 4.69) is 25.1 Å². The van der Waals surface area contributed by atoms with Gasteiger partial charge in [0.05, 0.1) is 6.20 Å². The minimum absolute atomic E-state index is 0.131. The molecular weight excluding hydrogens is 467 g/mol. The third kappa shape index (κ3) is 4.17. The zero-order valence-corrected chi connectivity index (χ0v) is 19.1. The fourth-order valence-electron chi connectivity index (χ4n) is 3.90. The van der Waals surface area contributed by atoms with E-state index in [1.807, 2.05) is 0 Å². The number of rotatable bonds is 6. The van der Waals surface area contributed by atoms with Crippen LogP contribution in [-0.2, 0) is 14.1 Å². The lowest BCUT2D eigenvalue weighted by Gasteiger charge is -2.26. The van der Waals surface area contributed by atoms with E-state index in [0.717, 1.165) is 4.57 Å². The predicted molar refractivity (Wildman–Crippen MR) is 120 cm³/mol. The van der Waals surface area contributed by atoms with E-state index in [9.17, 15) is 19.1 Å². The molecule has 4 rings (SSSR count). The van der Waals surface area contributed by atoms with Crippen molar-refractivity contribution in [3.8, 4) is 5.75 Å². The van der Waals surface area contributed by atoms with Crippen LogP contribution in [0.2, 0.25) is 5.02 Å². The molecule has 0 aliphatic heterocycles. The van der Waals surface area contributed by atoms with Crippen molar-refractivity contribution in [2.45, 2.75) is 18.8 Å². The molecule has 0 radical (unpaired) electrons. The average Bonchev–Trinajstić information content (AvgIpc) is 3.42. The molecule has 2 N–H and O–H groups in total. The standard InChI is InChI=1S/C22H20ClFN6O4/c1-11(16(13-6-4-5-7-15(13)23)14-9-29(2)28-19(14)24)20-27-17(18(31)22(33)30(20)3)21(32)26-12-8-25-34-10-12/h4-11,16,31H,1-3H3,(H,26,32)/t11-,16+/m1/s1. The molecule has 0 bridgehead atoms. The molecule has 0 aliphatic carbocycles. The number of amides is 1. The van der Waals surface area contributed by atoms with Gasteiger partial charge < -0.3 is 14.9 Å². The van der Waals surface area contributed by atoms with E-state index in [1.54, 1.807) is 38.2 Å². The largest absolute Gasteiger partial charge is 0.501 e. The average molecular weight is 487 g/mol. The summed E-state index contributed by atoms with van der Waals surface area (Å²) in [6.45, 7) is 1.72. The van der Waals surface area contributed by atoms with E-state index in [1.165, 1.54) is 30.4 Å². The molecule has 2 atom stereocenters. The van der Waals surface area contributed by atoms with E-state index in [0.29, 0.717) is 10.6 Å². The Labute approximate surface area is 197 Å². The van der Waals surface area contributed by atoms with Crippen LogP contribution in [0.3, 0.4) is 0 Å². The molecule has 176 valence electrons. The van der Waals surface area contributed by atoms with Crippen molar-refractivity contribution in [3.63, 3.8) is 0 Å². The first-order chi connectivity index (χ1) is 16.2. The van der Waals surface area contributed by atoms with E-state index >= 15 is 0 Å². The normalized spacial score (nSPS) is 13.0. The number of nitrogens with zero attached hydrogens (tertiary/aromatic N) is 5. The zero-order valence-electron chi connectivity index (χ0n) is 18.4. The zero-order chi connectivity index (χ0) is 24.6. The summed E-state index contributed by atoms with van der Waals surface area (Å²) in [7, 11) is 2.99. The number of aryl methyl sites for hydroxylation is 1. The molecule has 10 nitrogen and oxygen atoms in total. The summed E-state index contributed by atoms with van der Waals surface area (Å²) in [6, 6.07) is 6.92. The van der Waals surface area contributed by atoms with Gasteiger partial charge in [0.1, 0.15) is 17.8 Å². The number of benzene rings is 1. The van der Waals surface area contributed by atoms with Gasteiger partial charge in [-0.15, -0.1) is 5.10 Å². The topological polar surface area (TPSA) is 128 Å². The second-order valence-electron chi connectivity index (χ2n) is 7.74. The molecular formula is C22H20ClFN6O4. The molecule has 0 saturated heterocycles. The lowest BCUT2D eigenvalue weighted by atomic mass is 9.82. The first-order valence-corrected chi connectivity index (χ1v) is 10.5. The molecule has 12 heteroatoms. The van der Waals surface area contributed by atoms with Gasteiger partial charge in [0.25, 0.3) is 11.5 Å². The van der Waals surface area contributed by atoms with E-state index in [4.69, 9.17) is 11.6 Å². The van der Waals surface area contributed by atoms with Gasteiger partial charge in [0.15, 0.2) is 5.69 Å². The van der Waals surface area contributed by atoms with Crippen LogP contribution in [0.25, 0.3) is 0 Å². The Morgan fingerprint density at radius 2 is 2.00 bits per heavy atom. The third-order valence-corrected chi connectivity index (χ3v) is 5.84. The number of aromatic hydroxyl groups is 1. The quantitative estimate of drug-likeness (QED) is 0.428. The van der Waals surface area contributed by atoms with Crippen LogP contribution in [0.15, 0.2) is 52.2 Å². The molecule has 0 saturated carbocycles. The number of anilines is 1. The van der Waals surface area contributed by atoms with Crippen molar-refractivity contribution in [2.24, 2.45) is 14.1 Å². The van der Waals surface area contributed by atoms with E-state index < -0.39 is 40.7 Å². The van der Waals surface area contributed by atoms with Crippen molar-refractivity contribution in [1.29, 1.82) is 0 Å². The van der Waals surface area contributed by atoms with Crippen LogP contribution in [0, 0.1) is 5.95 Å². The van der Waals surface area contributed by atoms with Crippen molar-refractivity contribution < 1.29 is 18.8 Å². The first kappa shape index (κ1) is 23.2. The van der Waals surface area contributed by atoms with Crippen LogP contribution in [0.5, 0.6) is 5.75 Å². The van der Waals surface area contributed by atoms with Gasteiger partial charge in [-0.3, -0.25) is 18.8 Å². The highest BCUT2D eigenvalue weighted by Crippen LogP contribution is 2.41. The number of nitrogens with one attached hydrogen (secondary N) is 1. The Morgan fingerprint density at radius 3 is 2.62 bits per heavy atom. The minimum atomic E-state index is -0.839. The molecule has 1 amide bonds. The lowest BCUT2D eigenvalue weighted by molar-refractivity contribution is 0.101. The molecule has 0 aliphatic rings. The van der Waals surface area contributed by atoms with Crippen LogP contribution in [0.4, 0.5) is 10.1 Å². The SMILES string of the molecule is C[C@@H](c1nc(C(=O)Nc2cnoc2)c(O)c(=O)n1C)[C@@H](c1ccccc1Cl)c1cn(C)nc1F. The highest BCUT2D eigenvalue weighted by atomic mass is 35.5. The Kier molecular flexibility index (Phi) is 6.20. The second-order valence-corrected chi connectivity index (χ2v) is 8.14. The monoisotopic (exact) mass is 486 g/mol. The molecule has 0 fully saturated rings. The molecule has 0 spiro atoms. The van der Waals surface area contributed by atoms with E-state index in [-0.39, 0.29) is 17.1 Å². The summed E-state index contributed by atoms with van der Waals surface area (Å²) >= 11 is 6.46. The number of carbonyl (C=O) groups is 1. The summed E-state index contributed by atoms with van der Waals surface area (Å²) in [5, 5.41) is 20.5. The van der Waals surface area contributed by atoms with Crippen LogP contribution >= 0.6 is 11.6 Å². The molecule has 1 aromatic carbocycles. The number of hydrogen-bond donors (Lipinski definition) is 2.